The van der Waals surface area contributed by atoms with Gasteiger partial charge in [0.25, 0.3) is 5.91 Å². The van der Waals surface area contributed by atoms with Gasteiger partial charge in [0.2, 0.25) is 5.91 Å². The molecule has 1 aliphatic carbocycles. The fourth-order valence-corrected chi connectivity index (χ4v) is 5.81. The summed E-state index contributed by atoms with van der Waals surface area (Å²) in [6.07, 6.45) is 4.26. The van der Waals surface area contributed by atoms with Gasteiger partial charge >= 0.3 is 0 Å². The van der Waals surface area contributed by atoms with Crippen LogP contribution in [0.1, 0.15) is 48.7 Å². The highest BCUT2D eigenvalue weighted by molar-refractivity contribution is 7.16. The molecule has 30 heavy (non-hydrogen) atoms. The van der Waals surface area contributed by atoms with Crippen molar-refractivity contribution in [1.82, 2.24) is 9.88 Å². The Bertz CT molecular complexity index is 1160. The van der Waals surface area contributed by atoms with Crippen LogP contribution in [0.4, 0.5) is 5.69 Å². The Kier molecular flexibility index (Phi) is 4.67. The Morgan fingerprint density at radius 1 is 1.23 bits per heavy atom. The predicted molar refractivity (Wildman–Crippen MR) is 122 cm³/mol. The van der Waals surface area contributed by atoms with Gasteiger partial charge in [-0.05, 0) is 61.9 Å². The van der Waals surface area contributed by atoms with Crippen molar-refractivity contribution in [3.8, 4) is 0 Å². The number of thiophene rings is 1. The SMILES string of the molecule is Cc1ccc(N2C(=O)c3cc4ccsc4n3CC2(C)C(=O)NC2CCCC2)cc1Cl. The number of aromatic nitrogens is 1. The number of hydrogen-bond acceptors (Lipinski definition) is 3. The van der Waals surface area contributed by atoms with E-state index in [0.717, 1.165) is 41.5 Å². The number of carbonyl (C=O) groups is 2. The third kappa shape index (κ3) is 2.96. The summed E-state index contributed by atoms with van der Waals surface area (Å²) in [5, 5.41) is 6.86. The van der Waals surface area contributed by atoms with E-state index < -0.39 is 5.54 Å². The van der Waals surface area contributed by atoms with Crippen molar-refractivity contribution in [2.75, 3.05) is 4.90 Å². The number of halogens is 1. The molecule has 0 spiro atoms. The van der Waals surface area contributed by atoms with Crippen molar-refractivity contribution >= 4 is 50.7 Å². The molecule has 1 aromatic carbocycles. The maximum absolute atomic E-state index is 13.7. The molecule has 156 valence electrons. The van der Waals surface area contributed by atoms with Gasteiger partial charge in [-0.1, -0.05) is 30.5 Å². The van der Waals surface area contributed by atoms with Crippen LogP contribution < -0.4 is 10.2 Å². The van der Waals surface area contributed by atoms with Crippen LogP contribution in [0.5, 0.6) is 0 Å². The first-order valence-corrected chi connectivity index (χ1v) is 11.6. The quantitative estimate of drug-likeness (QED) is 0.611. The molecule has 3 heterocycles. The summed E-state index contributed by atoms with van der Waals surface area (Å²) in [7, 11) is 0. The molecule has 5 nitrogen and oxygen atoms in total. The van der Waals surface area contributed by atoms with E-state index in [1.807, 2.05) is 48.1 Å². The molecule has 1 aliphatic heterocycles. The first-order valence-electron chi connectivity index (χ1n) is 10.4. The van der Waals surface area contributed by atoms with E-state index >= 15 is 0 Å². The van der Waals surface area contributed by atoms with Crippen LogP contribution in [-0.4, -0.2) is 28.0 Å². The lowest BCUT2D eigenvalue weighted by Crippen LogP contribution is -2.65. The number of nitrogens with one attached hydrogen (secondary N) is 1. The molecule has 1 saturated carbocycles. The second-order valence-corrected chi connectivity index (χ2v) is 9.90. The highest BCUT2D eigenvalue weighted by Crippen LogP contribution is 2.38. The number of carbonyl (C=O) groups excluding carboxylic acids is 2. The van der Waals surface area contributed by atoms with Gasteiger partial charge < -0.3 is 9.88 Å². The molecule has 3 aromatic rings. The zero-order chi connectivity index (χ0) is 21.0. The van der Waals surface area contributed by atoms with Crippen molar-refractivity contribution < 1.29 is 9.59 Å². The molecule has 0 saturated heterocycles. The van der Waals surface area contributed by atoms with E-state index in [2.05, 4.69) is 5.32 Å². The summed E-state index contributed by atoms with van der Waals surface area (Å²) >= 11 is 7.99. The van der Waals surface area contributed by atoms with Crippen molar-refractivity contribution in [2.24, 2.45) is 0 Å². The fourth-order valence-electron chi connectivity index (χ4n) is 4.73. The van der Waals surface area contributed by atoms with Crippen molar-refractivity contribution in [3.63, 3.8) is 0 Å². The van der Waals surface area contributed by atoms with Gasteiger partial charge in [-0.3, -0.25) is 14.5 Å². The molecule has 2 aromatic heterocycles. The van der Waals surface area contributed by atoms with E-state index in [1.165, 1.54) is 0 Å². The Labute approximate surface area is 184 Å². The van der Waals surface area contributed by atoms with Crippen LogP contribution in [0, 0.1) is 6.92 Å². The number of rotatable bonds is 3. The van der Waals surface area contributed by atoms with Crippen LogP contribution in [0.25, 0.3) is 10.2 Å². The van der Waals surface area contributed by atoms with Crippen molar-refractivity contribution in [2.45, 2.75) is 57.7 Å². The second kappa shape index (κ2) is 7.13. The Balaban J connectivity index is 1.63. The van der Waals surface area contributed by atoms with Gasteiger partial charge in [0, 0.05) is 22.1 Å². The number of amides is 2. The molecule has 1 atom stereocenters. The summed E-state index contributed by atoms with van der Waals surface area (Å²) in [4.78, 5) is 30.0. The van der Waals surface area contributed by atoms with Crippen molar-refractivity contribution in [3.05, 3.63) is 52.0 Å². The minimum atomic E-state index is -1.05. The van der Waals surface area contributed by atoms with Gasteiger partial charge in [-0.25, -0.2) is 0 Å². The number of nitrogens with zero attached hydrogens (tertiary/aromatic N) is 2. The topological polar surface area (TPSA) is 54.3 Å². The number of aryl methyl sites for hydroxylation is 1. The van der Waals surface area contributed by atoms with Gasteiger partial charge in [-0.2, -0.15) is 0 Å². The number of benzene rings is 1. The molecule has 1 unspecified atom stereocenters. The molecule has 1 N–H and O–H groups in total. The summed E-state index contributed by atoms with van der Waals surface area (Å²) in [6, 6.07) is 9.68. The summed E-state index contributed by atoms with van der Waals surface area (Å²) < 4.78 is 2.00. The summed E-state index contributed by atoms with van der Waals surface area (Å²) in [6.45, 7) is 4.20. The third-order valence-electron chi connectivity index (χ3n) is 6.48. The number of hydrogen-bond donors (Lipinski definition) is 1. The maximum Gasteiger partial charge on any atom is 0.275 e. The number of anilines is 1. The van der Waals surface area contributed by atoms with Crippen LogP contribution in [0.2, 0.25) is 5.02 Å². The van der Waals surface area contributed by atoms with Gasteiger partial charge in [0.15, 0.2) is 0 Å². The minimum Gasteiger partial charge on any atom is -0.351 e. The Morgan fingerprint density at radius 3 is 2.73 bits per heavy atom. The molecular weight excluding hydrogens is 418 g/mol. The van der Waals surface area contributed by atoms with E-state index in [0.29, 0.717) is 22.9 Å². The second-order valence-electron chi connectivity index (χ2n) is 8.60. The monoisotopic (exact) mass is 441 g/mol. The van der Waals surface area contributed by atoms with Crippen LogP contribution in [0.15, 0.2) is 35.7 Å². The highest BCUT2D eigenvalue weighted by Gasteiger charge is 2.49. The Morgan fingerprint density at radius 2 is 2.00 bits per heavy atom. The van der Waals surface area contributed by atoms with Crippen LogP contribution >= 0.6 is 22.9 Å². The van der Waals surface area contributed by atoms with E-state index in [-0.39, 0.29) is 17.9 Å². The maximum atomic E-state index is 13.7. The van der Waals surface area contributed by atoms with Crippen LogP contribution in [0.3, 0.4) is 0 Å². The van der Waals surface area contributed by atoms with Crippen molar-refractivity contribution in [1.29, 1.82) is 0 Å². The van der Waals surface area contributed by atoms with Crippen LogP contribution in [-0.2, 0) is 11.3 Å². The molecule has 2 aliphatic rings. The lowest BCUT2D eigenvalue weighted by molar-refractivity contribution is -0.127. The third-order valence-corrected chi connectivity index (χ3v) is 7.84. The van der Waals surface area contributed by atoms with E-state index in [9.17, 15) is 9.59 Å². The lowest BCUT2D eigenvalue weighted by atomic mass is 9.93. The highest BCUT2D eigenvalue weighted by atomic mass is 35.5. The molecule has 7 heteroatoms. The van der Waals surface area contributed by atoms with Gasteiger partial charge in [0.1, 0.15) is 16.1 Å². The van der Waals surface area contributed by atoms with E-state index in [4.69, 9.17) is 11.6 Å². The summed E-state index contributed by atoms with van der Waals surface area (Å²) in [5.74, 6) is -0.280. The smallest absolute Gasteiger partial charge is 0.275 e. The molecule has 1 fully saturated rings. The van der Waals surface area contributed by atoms with E-state index in [1.54, 1.807) is 22.3 Å². The fraction of sp³-hybridized carbons (Fsp3) is 0.391. The zero-order valence-electron chi connectivity index (χ0n) is 17.1. The molecule has 2 amide bonds. The minimum absolute atomic E-state index is 0.108. The molecule has 0 bridgehead atoms. The predicted octanol–water partition coefficient (Wildman–Crippen LogP) is 5.14. The zero-order valence-corrected chi connectivity index (χ0v) is 18.6. The largest absolute Gasteiger partial charge is 0.351 e. The molecule has 5 rings (SSSR count). The first kappa shape index (κ1) is 19.6. The molecule has 0 radical (unpaired) electrons. The first-order chi connectivity index (χ1) is 14.4. The summed E-state index contributed by atoms with van der Waals surface area (Å²) in [5.41, 5.74) is 1.14. The number of fused-ring (bicyclic) bond motifs is 3. The lowest BCUT2D eigenvalue weighted by Gasteiger charge is -2.44. The average molecular weight is 442 g/mol. The van der Waals surface area contributed by atoms with Gasteiger partial charge in [-0.15, -0.1) is 11.3 Å². The normalized spacial score (nSPS) is 22.0. The Hall–Kier alpha value is -2.31. The average Bonchev–Trinajstić information content (AvgIpc) is 3.43. The standard InChI is InChI=1S/C23H24ClN3O2S/c1-14-7-8-17(12-18(14)24)27-20(28)19-11-15-9-10-30-21(15)26(19)13-23(27,2)22(29)25-16-5-3-4-6-16/h7-12,16H,3-6,13H2,1-2H3,(H,25,29). The van der Waals surface area contributed by atoms with Gasteiger partial charge in [0.05, 0.1) is 6.54 Å². The molecular formula is C23H24ClN3O2S.